The smallest absolute Gasteiger partial charge is 0.431 e. The van der Waals surface area contributed by atoms with Crippen molar-refractivity contribution >= 4 is 41.3 Å². The number of alkyl halides is 6. The monoisotopic (exact) mass is 1110 g/mol. The van der Waals surface area contributed by atoms with Crippen LogP contribution >= 0.6 is 7.37 Å². The number of hydrogen-bond acceptors (Lipinski definition) is 16. The number of ether oxygens (including phenoxy) is 4. The Labute approximate surface area is 424 Å². The Morgan fingerprint density at radius 2 is 1.57 bits per heavy atom. The van der Waals surface area contributed by atoms with E-state index in [-0.39, 0.29) is 48.2 Å². The Balaban J connectivity index is 0.000000336. The second-order valence-corrected chi connectivity index (χ2v) is 20.1. The predicted octanol–water partition coefficient (Wildman–Crippen LogP) is 5.52. The third-order valence-corrected chi connectivity index (χ3v) is 12.5. The van der Waals surface area contributed by atoms with Crippen LogP contribution in [0.3, 0.4) is 0 Å². The number of carboxylic acid groups (broad SMARTS) is 1. The maximum atomic E-state index is 13.1. The molecule has 2 heterocycles. The Kier molecular flexibility index (Phi) is 22.1. The van der Waals surface area contributed by atoms with Crippen LogP contribution in [0.4, 0.5) is 37.1 Å². The van der Waals surface area contributed by atoms with Gasteiger partial charge in [-0.2, -0.15) is 41.3 Å². The number of aromatic nitrogens is 5. The topological polar surface area (TPSA) is 313 Å². The van der Waals surface area contributed by atoms with E-state index in [9.17, 15) is 63.3 Å². The maximum absolute atomic E-state index is 13.1. The molecule has 5 rings (SSSR count). The molecule has 6 N–H and O–H groups in total. The summed E-state index contributed by atoms with van der Waals surface area (Å²) in [5, 5.41) is 10.4. The minimum atomic E-state index is -4.84. The van der Waals surface area contributed by atoms with Gasteiger partial charge in [0.05, 0.1) is 24.8 Å². The highest BCUT2D eigenvalue weighted by atomic mass is 32.2. The number of carboxylic acids is 1. The number of hydrogen-bond donors (Lipinski definition) is 5. The molecular weight excluding hydrogens is 1050 g/mol. The van der Waals surface area contributed by atoms with Crippen LogP contribution in [0.15, 0.2) is 87.3 Å². The fourth-order valence-electron chi connectivity index (χ4n) is 6.10. The van der Waals surface area contributed by atoms with Gasteiger partial charge in [-0.25, -0.2) is 32.1 Å². The lowest BCUT2D eigenvalue weighted by molar-refractivity contribution is -0.148. The van der Waals surface area contributed by atoms with E-state index in [4.69, 9.17) is 34.7 Å². The van der Waals surface area contributed by atoms with Crippen LogP contribution in [-0.2, 0) is 61.6 Å². The summed E-state index contributed by atoms with van der Waals surface area (Å²) in [6.07, 6.45) is -11.1. The number of anilines is 1. The normalized spacial score (nSPS) is 13.0. The quantitative estimate of drug-likeness (QED) is 0.0410. The van der Waals surface area contributed by atoms with Crippen molar-refractivity contribution in [1.82, 2.24) is 28.8 Å². The van der Waals surface area contributed by atoms with Gasteiger partial charge in [0, 0.05) is 37.9 Å². The van der Waals surface area contributed by atoms with E-state index >= 15 is 0 Å². The number of nitrogens with one attached hydrogen (secondary N) is 2. The molecule has 0 saturated heterocycles. The highest BCUT2D eigenvalue weighted by Gasteiger charge is 2.35. The molecule has 2 amide bonds. The Hall–Kier alpha value is -7.36. The number of aliphatic carboxylic acids is 1. The van der Waals surface area contributed by atoms with Crippen molar-refractivity contribution in [3.8, 4) is 23.2 Å². The van der Waals surface area contributed by atoms with Gasteiger partial charge >= 0.3 is 42.0 Å². The number of sulfonamides is 1. The molecule has 0 radical (unpaired) electrons. The van der Waals surface area contributed by atoms with Crippen LogP contribution in [0.5, 0.6) is 17.5 Å². The van der Waals surface area contributed by atoms with Gasteiger partial charge in [0.15, 0.2) is 13.5 Å². The number of urea groups is 1. The minimum Gasteiger partial charge on any atom is -0.489 e. The van der Waals surface area contributed by atoms with Gasteiger partial charge in [0.1, 0.15) is 35.7 Å². The first-order valence-electron chi connectivity index (χ1n) is 21.8. The summed E-state index contributed by atoms with van der Waals surface area (Å²) in [6, 6.07) is 14.4. The Morgan fingerprint density at radius 1 is 0.933 bits per heavy atom. The largest absolute Gasteiger partial charge is 0.489 e. The lowest BCUT2D eigenvalue weighted by Gasteiger charge is -2.17. The van der Waals surface area contributed by atoms with Crippen LogP contribution < -0.4 is 41.2 Å². The molecule has 0 spiro atoms. The molecule has 3 unspecified atom stereocenters. The van der Waals surface area contributed by atoms with Crippen molar-refractivity contribution < 1.29 is 82.7 Å². The van der Waals surface area contributed by atoms with E-state index < -0.39 is 94.5 Å². The van der Waals surface area contributed by atoms with E-state index in [0.29, 0.717) is 32.3 Å². The van der Waals surface area contributed by atoms with Crippen molar-refractivity contribution in [2.75, 3.05) is 32.4 Å². The summed E-state index contributed by atoms with van der Waals surface area (Å²) >= 11 is 0. The molecule has 5 aromatic rings. The number of nitrogens with two attached hydrogens (primary N) is 1. The van der Waals surface area contributed by atoms with Gasteiger partial charge in [-0.1, -0.05) is 37.3 Å². The highest BCUT2D eigenvalue weighted by molar-refractivity contribution is 7.90. The molecule has 75 heavy (non-hydrogen) atoms. The van der Waals surface area contributed by atoms with E-state index in [1.165, 1.54) is 70.3 Å². The van der Waals surface area contributed by atoms with Crippen LogP contribution in [-0.4, -0.2) is 106 Å². The number of rotatable bonds is 18. The maximum Gasteiger partial charge on any atom is 0.431 e. The molecule has 0 bridgehead atoms. The highest BCUT2D eigenvalue weighted by Crippen LogP contribution is 2.36. The number of esters is 1. The number of methoxy groups -OCH3 is 2. The van der Waals surface area contributed by atoms with Crippen molar-refractivity contribution in [1.29, 1.82) is 0 Å². The average molecular weight is 1110 g/mol. The van der Waals surface area contributed by atoms with Crippen LogP contribution in [0.25, 0.3) is 5.69 Å². The number of nitrogens with zero attached hydrogens (tertiary/aromatic N) is 5. The average Bonchev–Trinajstić information content (AvgIpc) is 3.32. The third-order valence-electron chi connectivity index (χ3n) is 9.95. The van der Waals surface area contributed by atoms with Crippen LogP contribution in [0, 0.1) is 6.92 Å². The lowest BCUT2D eigenvalue weighted by Crippen LogP contribution is -2.40. The zero-order valence-corrected chi connectivity index (χ0v) is 42.8. The van der Waals surface area contributed by atoms with Crippen LogP contribution in [0.2, 0.25) is 0 Å². The van der Waals surface area contributed by atoms with Gasteiger partial charge in [0.25, 0.3) is 15.6 Å². The van der Waals surface area contributed by atoms with Gasteiger partial charge < -0.3 is 34.7 Å². The fraction of sp³-hybridized carbons (Fsp3) is 0.378. The molecule has 0 saturated carbocycles. The van der Waals surface area contributed by atoms with Crippen molar-refractivity contribution in [2.24, 2.45) is 12.8 Å². The zero-order chi connectivity index (χ0) is 56.6. The van der Waals surface area contributed by atoms with Gasteiger partial charge in [-0.15, -0.1) is 0 Å². The molecule has 2 aromatic heterocycles. The number of aryl methyl sites for hydroxylation is 3. The fourth-order valence-corrected chi connectivity index (χ4v) is 8.04. The SMILES string of the molecule is CCc1ccc(COc2ccc(-n3c(=O)cc(C(F)(F)F)n(C)c3=O)cc2)c(OC(C)C(=O)OC)c1.COc1nc(C)nc(NC(=O)NS(=O)(=O)c2ccccc2CCC(F)(F)F)n1.CP(=O)(O)CCC(N)C(=O)O. The van der Waals surface area contributed by atoms with E-state index in [1.807, 2.05) is 25.1 Å². The zero-order valence-electron chi connectivity index (χ0n) is 41.1. The Bertz CT molecular complexity index is 3080. The molecule has 3 aromatic carbocycles. The molecule has 22 nitrogen and oxygen atoms in total. The number of amides is 2. The molecular formula is C45H53F6N8O14PS. The number of halogens is 6. The lowest BCUT2D eigenvalue weighted by atomic mass is 10.1. The second kappa shape index (κ2) is 26.7. The molecule has 410 valence electrons. The minimum absolute atomic E-state index is 0.0412. The van der Waals surface area contributed by atoms with Crippen molar-refractivity contribution in [3.05, 3.63) is 122 Å². The first-order valence-corrected chi connectivity index (χ1v) is 25.6. The summed E-state index contributed by atoms with van der Waals surface area (Å²) < 4.78 is 136. The molecule has 0 fully saturated rings. The van der Waals surface area contributed by atoms with E-state index in [1.54, 1.807) is 11.6 Å². The van der Waals surface area contributed by atoms with Crippen molar-refractivity contribution in [3.63, 3.8) is 0 Å². The Morgan fingerprint density at radius 3 is 2.13 bits per heavy atom. The molecule has 30 heteroatoms. The standard InChI is InChI=1S/C25H25F3N2O6.C15H16F3N5O4S.C5H12NO4P/c1-5-16-6-7-17(20(12-16)36-15(2)23(32)34-4)14-35-19-10-8-18(9-11-19)30-22(31)13-21(25(26,27)28)29(3)24(30)33;1-9-19-12(22-14(20-9)27-2)21-13(24)23-28(25,26)11-6-4-3-5-10(11)7-8-15(16,17)18;1-11(9,10)3-2-4(6)5(7)8/h6-13,15H,5,14H2,1-4H3;3-6H,7-8H2,1-2H3,(H2,19,20,21,22,23,24);4H,2-3,6H2,1H3,(H,7,8)(H,9,10). The first kappa shape index (κ1) is 61.9. The second-order valence-electron chi connectivity index (χ2n) is 15.9. The van der Waals surface area contributed by atoms with Crippen LogP contribution in [0.1, 0.15) is 54.9 Å². The molecule has 0 aliphatic carbocycles. The van der Waals surface area contributed by atoms with Crippen molar-refractivity contribution in [2.45, 2.75) is 82.5 Å². The summed E-state index contributed by atoms with van der Waals surface area (Å²) in [6.45, 7) is 6.31. The first-order chi connectivity index (χ1) is 34.8. The summed E-state index contributed by atoms with van der Waals surface area (Å²) in [5.74, 6) is -0.877. The summed E-state index contributed by atoms with van der Waals surface area (Å²) in [7, 11) is -4.03. The summed E-state index contributed by atoms with van der Waals surface area (Å²) in [4.78, 5) is 78.3. The van der Waals surface area contributed by atoms with Gasteiger partial charge in [-0.05, 0) is 80.6 Å². The van der Waals surface area contributed by atoms with E-state index in [2.05, 4.69) is 20.3 Å². The van der Waals surface area contributed by atoms with E-state index in [0.717, 1.165) is 25.1 Å². The third kappa shape index (κ3) is 19.8. The number of carbonyl (C=O) groups excluding carboxylic acids is 2. The molecule has 0 aliphatic heterocycles. The molecule has 0 aliphatic rings. The number of carbonyl (C=O) groups is 3. The van der Waals surface area contributed by atoms with Gasteiger partial charge in [0.2, 0.25) is 5.95 Å². The predicted molar refractivity (Wildman–Crippen MR) is 257 cm³/mol. The number of benzene rings is 3. The molecule has 3 atom stereocenters. The van der Waals surface area contributed by atoms with Gasteiger partial charge in [-0.3, -0.25) is 24.0 Å². The summed E-state index contributed by atoms with van der Waals surface area (Å²) in [5.41, 5.74) is 3.22.